The van der Waals surface area contributed by atoms with Crippen molar-refractivity contribution in [2.24, 2.45) is 11.8 Å². The summed E-state index contributed by atoms with van der Waals surface area (Å²) in [6.45, 7) is 0. The largest absolute Gasteiger partial charge is 0.333 e. The molecule has 3 aliphatic rings. The van der Waals surface area contributed by atoms with Gasteiger partial charge in [-0.25, -0.2) is 9.59 Å². The molecule has 3 rings (SSSR count). The molecule has 0 unspecified atom stereocenters. The summed E-state index contributed by atoms with van der Waals surface area (Å²) in [6.07, 6.45) is 0. The number of amides is 4. The van der Waals surface area contributed by atoms with Gasteiger partial charge < -0.3 is 10.6 Å². The molecule has 6 N–H and O–H groups in total. The second kappa shape index (κ2) is 2.71. The summed E-state index contributed by atoms with van der Waals surface area (Å²) >= 11 is 0. The number of nitrogens with one attached hydrogen (secondary N) is 6. The fraction of sp³-hybridized carbons (Fsp3) is 0.500. The van der Waals surface area contributed by atoms with E-state index < -0.39 is 12.1 Å². The maximum atomic E-state index is 11.2. The average molecular weight is 222 g/mol. The Labute approximate surface area is 90.2 Å². The molecule has 2 heterocycles. The molecule has 0 radical (unpaired) electrons. The van der Waals surface area contributed by atoms with Crippen LogP contribution in [-0.2, 0) is 0 Å². The van der Waals surface area contributed by atoms with Crippen LogP contribution in [0.2, 0.25) is 0 Å². The van der Waals surface area contributed by atoms with Crippen LogP contribution < -0.4 is 21.3 Å². The van der Waals surface area contributed by atoms with Gasteiger partial charge in [0.1, 0.15) is 11.7 Å². The molecule has 16 heavy (non-hydrogen) atoms. The molecule has 0 bridgehead atoms. The van der Waals surface area contributed by atoms with E-state index in [0.717, 1.165) is 0 Å². The molecule has 2 aliphatic heterocycles. The van der Waals surface area contributed by atoms with Crippen molar-refractivity contribution >= 4 is 23.7 Å². The minimum atomic E-state index is -0.422. The van der Waals surface area contributed by atoms with Crippen molar-refractivity contribution in [2.75, 3.05) is 0 Å². The number of carbonyl (C=O) groups is 2. The molecule has 3 fully saturated rings. The molecule has 0 atom stereocenters. The Balaban J connectivity index is 1.89. The zero-order valence-corrected chi connectivity index (χ0v) is 8.13. The van der Waals surface area contributed by atoms with E-state index in [1.165, 1.54) is 0 Å². The third-order valence-corrected chi connectivity index (χ3v) is 3.31. The standard InChI is InChI=1S/C8H10N6O2/c9-5-1-3(11-7(15)13-5)2-4(1)12-8(16)14-6(2)10/h1-4H,(H3,9,11,13,15)(H3,10,12,14,16). The Kier molecular flexibility index (Phi) is 1.55. The van der Waals surface area contributed by atoms with Crippen LogP contribution in [0.25, 0.3) is 0 Å². The van der Waals surface area contributed by atoms with E-state index in [4.69, 9.17) is 10.8 Å². The van der Waals surface area contributed by atoms with Crippen LogP contribution in [0, 0.1) is 22.7 Å². The minimum absolute atomic E-state index is 0.102. The first kappa shape index (κ1) is 9.13. The first-order valence-electron chi connectivity index (χ1n) is 4.90. The highest BCUT2D eigenvalue weighted by molar-refractivity contribution is 6.07. The molecule has 84 valence electrons. The fourth-order valence-corrected chi connectivity index (χ4v) is 2.61. The Bertz CT molecular complexity index is 384. The van der Waals surface area contributed by atoms with Gasteiger partial charge in [0.25, 0.3) is 0 Å². The molecule has 1 saturated carbocycles. The lowest BCUT2D eigenvalue weighted by Crippen LogP contribution is -2.81. The maximum absolute atomic E-state index is 11.2. The van der Waals surface area contributed by atoms with Gasteiger partial charge in [-0.05, 0) is 0 Å². The van der Waals surface area contributed by atoms with E-state index in [0.29, 0.717) is 0 Å². The summed E-state index contributed by atoms with van der Waals surface area (Å²) in [6, 6.07) is -1.39. The highest BCUT2D eigenvalue weighted by Crippen LogP contribution is 2.38. The molecule has 1 aliphatic carbocycles. The molecule has 8 nitrogen and oxygen atoms in total. The molecule has 0 spiro atoms. The third kappa shape index (κ3) is 0.980. The lowest BCUT2D eigenvalue weighted by atomic mass is 9.62. The number of amidine groups is 2. The molecule has 4 amide bonds. The number of fused-ring (bicyclic) bond motifs is 4. The van der Waals surface area contributed by atoms with Crippen molar-refractivity contribution in [1.29, 1.82) is 10.8 Å². The lowest BCUT2D eigenvalue weighted by Gasteiger charge is -2.55. The highest BCUT2D eigenvalue weighted by Gasteiger charge is 2.59. The van der Waals surface area contributed by atoms with Crippen molar-refractivity contribution < 1.29 is 9.59 Å². The fourth-order valence-electron chi connectivity index (χ4n) is 2.61. The van der Waals surface area contributed by atoms with Crippen LogP contribution in [-0.4, -0.2) is 35.8 Å². The summed E-state index contributed by atoms with van der Waals surface area (Å²) in [5, 5.41) is 25.4. The van der Waals surface area contributed by atoms with Crippen LogP contribution >= 0.6 is 0 Å². The Morgan fingerprint density at radius 1 is 0.812 bits per heavy atom. The molecule has 0 aromatic carbocycles. The van der Waals surface area contributed by atoms with Crippen LogP contribution in [0.15, 0.2) is 0 Å². The summed E-state index contributed by atoms with van der Waals surface area (Å²) in [5.41, 5.74) is 0. The van der Waals surface area contributed by atoms with Gasteiger partial charge in [0.15, 0.2) is 0 Å². The highest BCUT2D eigenvalue weighted by atomic mass is 16.2. The zero-order valence-electron chi connectivity index (χ0n) is 8.13. The van der Waals surface area contributed by atoms with Crippen LogP contribution in [0.5, 0.6) is 0 Å². The maximum Gasteiger partial charge on any atom is 0.320 e. The molecule has 8 heteroatoms. The number of hydrogen-bond acceptors (Lipinski definition) is 4. The molecule has 0 aromatic rings. The average Bonchev–Trinajstić information content (AvgIpc) is 2.12. The third-order valence-electron chi connectivity index (χ3n) is 3.31. The number of rotatable bonds is 0. The van der Waals surface area contributed by atoms with E-state index >= 15 is 0 Å². The molecular formula is C8H10N6O2. The topological polar surface area (TPSA) is 130 Å². The number of carbonyl (C=O) groups excluding carboxylic acids is 2. The predicted octanol–water partition coefficient (Wildman–Crippen LogP) is -1.45. The van der Waals surface area contributed by atoms with Crippen LogP contribution in [0.4, 0.5) is 9.59 Å². The predicted molar refractivity (Wildman–Crippen MR) is 53.3 cm³/mol. The van der Waals surface area contributed by atoms with Gasteiger partial charge in [-0.1, -0.05) is 0 Å². The van der Waals surface area contributed by atoms with Gasteiger partial charge >= 0.3 is 12.1 Å². The zero-order chi connectivity index (χ0) is 11.4. The van der Waals surface area contributed by atoms with E-state index in [2.05, 4.69) is 21.3 Å². The Morgan fingerprint density at radius 3 is 1.56 bits per heavy atom. The van der Waals surface area contributed by atoms with Crippen molar-refractivity contribution in [3.8, 4) is 0 Å². The van der Waals surface area contributed by atoms with Gasteiger partial charge in [0, 0.05) is 0 Å². The van der Waals surface area contributed by atoms with Gasteiger partial charge in [-0.2, -0.15) is 0 Å². The Morgan fingerprint density at radius 2 is 1.19 bits per heavy atom. The van der Waals surface area contributed by atoms with Crippen molar-refractivity contribution in [3.63, 3.8) is 0 Å². The van der Waals surface area contributed by atoms with Gasteiger partial charge in [0.2, 0.25) is 0 Å². The summed E-state index contributed by atoms with van der Waals surface area (Å²) < 4.78 is 0. The minimum Gasteiger partial charge on any atom is -0.333 e. The first-order chi connectivity index (χ1) is 7.58. The molecule has 0 aromatic heterocycles. The van der Waals surface area contributed by atoms with Gasteiger partial charge in [-0.3, -0.25) is 21.5 Å². The van der Waals surface area contributed by atoms with Crippen LogP contribution in [0.3, 0.4) is 0 Å². The Hall–Kier alpha value is -2.12. The van der Waals surface area contributed by atoms with Gasteiger partial charge in [0.05, 0.1) is 23.9 Å². The molecule has 2 saturated heterocycles. The summed E-state index contributed by atoms with van der Waals surface area (Å²) in [7, 11) is 0. The summed E-state index contributed by atoms with van der Waals surface area (Å²) in [5.74, 6) is -0.307. The van der Waals surface area contributed by atoms with Crippen molar-refractivity contribution in [2.45, 2.75) is 12.1 Å². The summed E-state index contributed by atoms with van der Waals surface area (Å²) in [4.78, 5) is 22.3. The monoisotopic (exact) mass is 222 g/mol. The van der Waals surface area contributed by atoms with Crippen molar-refractivity contribution in [1.82, 2.24) is 21.3 Å². The van der Waals surface area contributed by atoms with E-state index in [1.807, 2.05) is 0 Å². The van der Waals surface area contributed by atoms with Crippen LogP contribution in [0.1, 0.15) is 0 Å². The lowest BCUT2D eigenvalue weighted by molar-refractivity contribution is 0.125. The normalized spacial score (nSPS) is 40.5. The van der Waals surface area contributed by atoms with E-state index in [-0.39, 0.29) is 35.6 Å². The quantitative estimate of drug-likeness (QED) is 0.299. The molecular weight excluding hydrogens is 212 g/mol. The number of urea groups is 2. The van der Waals surface area contributed by atoms with Gasteiger partial charge in [-0.15, -0.1) is 0 Å². The second-order valence-electron chi connectivity index (χ2n) is 4.13. The number of hydrogen-bond donors (Lipinski definition) is 6. The second-order valence-corrected chi connectivity index (χ2v) is 4.13. The van der Waals surface area contributed by atoms with Crippen molar-refractivity contribution in [3.05, 3.63) is 0 Å². The first-order valence-corrected chi connectivity index (χ1v) is 4.90. The smallest absolute Gasteiger partial charge is 0.320 e. The van der Waals surface area contributed by atoms with E-state index in [9.17, 15) is 9.59 Å². The van der Waals surface area contributed by atoms with E-state index in [1.54, 1.807) is 0 Å². The SMILES string of the molecule is N=C1NC(=O)NC2C1C1NC(=O)NC(=N)C21.